The lowest BCUT2D eigenvalue weighted by Crippen LogP contribution is -2.25. The number of aromatic nitrogens is 1. The zero-order chi connectivity index (χ0) is 14.7. The van der Waals surface area contributed by atoms with Crippen LogP contribution in [-0.2, 0) is 0 Å². The summed E-state index contributed by atoms with van der Waals surface area (Å²) in [6, 6.07) is 6.25. The van der Waals surface area contributed by atoms with Gasteiger partial charge in [0.1, 0.15) is 0 Å². The second kappa shape index (κ2) is 6.20. The highest BCUT2D eigenvalue weighted by molar-refractivity contribution is 7.10. The first-order valence-electron chi connectivity index (χ1n) is 6.74. The number of rotatable bonds is 4. The van der Waals surface area contributed by atoms with Gasteiger partial charge in [0.05, 0.1) is 16.4 Å². The first-order valence-corrected chi connectivity index (χ1v) is 7.62. The van der Waals surface area contributed by atoms with Crippen LogP contribution in [0.2, 0.25) is 0 Å². The number of allylic oxidation sites excluding steroid dienone is 1. The van der Waals surface area contributed by atoms with Crippen LogP contribution in [0.3, 0.4) is 0 Å². The van der Waals surface area contributed by atoms with Gasteiger partial charge < -0.3 is 5.01 Å². The molecule has 0 atom stereocenters. The summed E-state index contributed by atoms with van der Waals surface area (Å²) in [5, 5.41) is 4.93. The molecule has 0 aliphatic carbocycles. The van der Waals surface area contributed by atoms with E-state index in [1.54, 1.807) is 16.3 Å². The average molecular weight is 287 g/mol. The van der Waals surface area contributed by atoms with Crippen molar-refractivity contribution < 1.29 is 0 Å². The Bertz CT molecular complexity index is 612. The van der Waals surface area contributed by atoms with Gasteiger partial charge in [0.25, 0.3) is 0 Å². The molecule has 2 aromatic rings. The Morgan fingerprint density at radius 1 is 1.35 bits per heavy atom. The largest absolute Gasteiger partial charge is 0.314 e. The van der Waals surface area contributed by atoms with E-state index in [-0.39, 0.29) is 0 Å². The van der Waals surface area contributed by atoms with Crippen molar-refractivity contribution in [3.05, 3.63) is 40.2 Å². The maximum atomic E-state index is 5.86. The van der Waals surface area contributed by atoms with Crippen molar-refractivity contribution in [2.75, 3.05) is 12.1 Å². The molecule has 0 saturated carbocycles. The molecular weight excluding hydrogens is 266 g/mol. The van der Waals surface area contributed by atoms with Crippen molar-refractivity contribution in [1.29, 1.82) is 0 Å². The van der Waals surface area contributed by atoms with Gasteiger partial charge in [-0.05, 0) is 24.6 Å². The topological polar surface area (TPSA) is 42.2 Å². The normalized spacial score (nSPS) is 11.5. The summed E-state index contributed by atoms with van der Waals surface area (Å²) < 4.78 is 0. The lowest BCUT2D eigenvalue weighted by atomic mass is 10.1. The van der Waals surface area contributed by atoms with Crippen LogP contribution in [-0.4, -0.2) is 12.0 Å². The molecule has 4 heteroatoms. The Hall–Kier alpha value is -1.65. The summed E-state index contributed by atoms with van der Waals surface area (Å²) in [5.41, 5.74) is 4.28. The summed E-state index contributed by atoms with van der Waals surface area (Å²) in [4.78, 5) is 4.71. The number of thiazole rings is 1. The van der Waals surface area contributed by atoms with Gasteiger partial charge in [-0.15, -0.1) is 11.3 Å². The first kappa shape index (κ1) is 14.8. The number of hydrazine groups is 1. The van der Waals surface area contributed by atoms with E-state index in [2.05, 4.69) is 37.4 Å². The second-order valence-electron chi connectivity index (χ2n) is 5.11. The molecule has 1 aromatic carbocycles. The molecule has 1 heterocycles. The fraction of sp³-hybridized carbons (Fsp3) is 0.312. The van der Waals surface area contributed by atoms with Crippen molar-refractivity contribution in [3.8, 4) is 11.3 Å². The van der Waals surface area contributed by atoms with E-state index in [4.69, 9.17) is 10.8 Å². The van der Waals surface area contributed by atoms with Crippen molar-refractivity contribution in [2.45, 2.75) is 26.7 Å². The molecule has 0 aliphatic rings. The Morgan fingerprint density at radius 2 is 2.10 bits per heavy atom. The third-order valence-corrected chi connectivity index (χ3v) is 4.21. The van der Waals surface area contributed by atoms with E-state index in [0.29, 0.717) is 5.92 Å². The summed E-state index contributed by atoms with van der Waals surface area (Å²) in [6.07, 6.45) is 4.09. The second-order valence-corrected chi connectivity index (χ2v) is 6.00. The number of nitrogens with two attached hydrogens (primary N) is 1. The van der Waals surface area contributed by atoms with Crippen molar-refractivity contribution in [2.24, 2.45) is 5.84 Å². The molecule has 0 aliphatic heterocycles. The van der Waals surface area contributed by atoms with Crippen LogP contribution in [0.5, 0.6) is 0 Å². The number of hydrogen-bond donors (Lipinski definition) is 1. The first-order chi connectivity index (χ1) is 9.52. The predicted molar refractivity (Wildman–Crippen MR) is 88.9 cm³/mol. The van der Waals surface area contributed by atoms with Gasteiger partial charge in [-0.25, -0.2) is 10.8 Å². The monoisotopic (exact) mass is 287 g/mol. The maximum absolute atomic E-state index is 5.86. The number of hydrogen-bond acceptors (Lipinski definition) is 4. The third kappa shape index (κ3) is 3.08. The molecule has 1 aromatic heterocycles. The minimum absolute atomic E-state index is 0.471. The van der Waals surface area contributed by atoms with Crippen LogP contribution in [0.4, 0.5) is 5.69 Å². The summed E-state index contributed by atoms with van der Waals surface area (Å²) in [5.74, 6) is 6.33. The van der Waals surface area contributed by atoms with Crippen molar-refractivity contribution in [3.63, 3.8) is 0 Å². The lowest BCUT2D eigenvalue weighted by Gasteiger charge is -2.16. The predicted octanol–water partition coefficient (Wildman–Crippen LogP) is 4.28. The van der Waals surface area contributed by atoms with Gasteiger partial charge >= 0.3 is 0 Å². The Morgan fingerprint density at radius 3 is 2.65 bits per heavy atom. The fourth-order valence-corrected chi connectivity index (χ4v) is 2.88. The molecule has 2 rings (SSSR count). The van der Waals surface area contributed by atoms with Crippen LogP contribution in [0.25, 0.3) is 17.3 Å². The van der Waals surface area contributed by atoms with E-state index in [9.17, 15) is 0 Å². The Balaban J connectivity index is 2.44. The minimum atomic E-state index is 0.471. The molecule has 3 nitrogen and oxygen atoms in total. The molecule has 0 spiro atoms. The molecule has 0 bridgehead atoms. The number of anilines is 1. The molecule has 0 unspecified atom stereocenters. The molecule has 0 saturated heterocycles. The third-order valence-electron chi connectivity index (χ3n) is 3.07. The highest BCUT2D eigenvalue weighted by Crippen LogP contribution is 2.30. The summed E-state index contributed by atoms with van der Waals surface area (Å²) in [6.45, 7) is 6.34. The molecule has 0 radical (unpaired) electrons. The summed E-state index contributed by atoms with van der Waals surface area (Å²) in [7, 11) is 1.85. The molecule has 0 fully saturated rings. The quantitative estimate of drug-likeness (QED) is 0.674. The maximum Gasteiger partial charge on any atom is 0.0958 e. The van der Waals surface area contributed by atoms with E-state index in [1.807, 2.05) is 26.1 Å². The smallest absolute Gasteiger partial charge is 0.0958 e. The Kier molecular flexibility index (Phi) is 4.57. The van der Waals surface area contributed by atoms with Crippen LogP contribution in [0.1, 0.15) is 37.3 Å². The fourth-order valence-electron chi connectivity index (χ4n) is 2.03. The molecule has 106 valence electrons. The van der Waals surface area contributed by atoms with E-state index in [1.165, 1.54) is 5.01 Å². The number of nitrogens with zero attached hydrogens (tertiary/aromatic N) is 2. The van der Waals surface area contributed by atoms with Gasteiger partial charge in [0.2, 0.25) is 0 Å². The van der Waals surface area contributed by atoms with E-state index < -0.39 is 0 Å². The zero-order valence-corrected chi connectivity index (χ0v) is 13.2. The van der Waals surface area contributed by atoms with Crippen molar-refractivity contribution in [1.82, 2.24) is 4.98 Å². The average Bonchev–Trinajstić information content (AvgIpc) is 2.88. The van der Waals surface area contributed by atoms with Crippen LogP contribution >= 0.6 is 11.3 Å². The standard InChI is InChI=1S/C16H21N3S/c1-5-6-13-9-12(7-8-15(13)19(4)17)14-10-20-16(18-14)11(2)3/h5-11H,17H2,1-4H3/b6-5-. The lowest BCUT2D eigenvalue weighted by molar-refractivity contribution is 0.853. The van der Waals surface area contributed by atoms with Crippen LogP contribution in [0, 0.1) is 0 Å². The van der Waals surface area contributed by atoms with Gasteiger partial charge in [-0.3, -0.25) is 0 Å². The van der Waals surface area contributed by atoms with Gasteiger partial charge in [-0.2, -0.15) is 0 Å². The van der Waals surface area contributed by atoms with Gasteiger partial charge in [-0.1, -0.05) is 32.1 Å². The van der Waals surface area contributed by atoms with Crippen LogP contribution in [0.15, 0.2) is 29.7 Å². The molecule has 2 N–H and O–H groups in total. The minimum Gasteiger partial charge on any atom is -0.314 e. The molecular formula is C16H21N3S. The van der Waals surface area contributed by atoms with Crippen LogP contribution < -0.4 is 10.9 Å². The van der Waals surface area contributed by atoms with E-state index in [0.717, 1.165) is 22.5 Å². The van der Waals surface area contributed by atoms with Gasteiger partial charge in [0.15, 0.2) is 0 Å². The van der Waals surface area contributed by atoms with Crippen molar-refractivity contribution >= 4 is 23.1 Å². The highest BCUT2D eigenvalue weighted by Gasteiger charge is 2.10. The SMILES string of the molecule is C/C=C\c1cc(-c2csc(C(C)C)n2)ccc1N(C)N. The molecule has 0 amide bonds. The molecule has 20 heavy (non-hydrogen) atoms. The van der Waals surface area contributed by atoms with Gasteiger partial charge in [0, 0.05) is 23.9 Å². The highest BCUT2D eigenvalue weighted by atomic mass is 32.1. The number of benzene rings is 1. The summed E-state index contributed by atoms with van der Waals surface area (Å²) >= 11 is 1.72. The Labute approximate surface area is 124 Å². The zero-order valence-electron chi connectivity index (χ0n) is 12.4. The van der Waals surface area contributed by atoms with E-state index >= 15 is 0 Å².